The van der Waals surface area contributed by atoms with E-state index in [0.717, 1.165) is 23.5 Å². The summed E-state index contributed by atoms with van der Waals surface area (Å²) in [5.41, 5.74) is -0.603. The Morgan fingerprint density at radius 1 is 1.23 bits per heavy atom. The van der Waals surface area contributed by atoms with Crippen LogP contribution in [0.5, 0.6) is 0 Å². The number of alkyl halides is 3. The minimum atomic E-state index is -4.62. The van der Waals surface area contributed by atoms with E-state index >= 15 is 0 Å². The molecule has 2 aromatic heterocycles. The summed E-state index contributed by atoms with van der Waals surface area (Å²) in [5, 5.41) is 2.44. The lowest BCUT2D eigenvalue weighted by atomic mass is 10.2. The van der Waals surface area contributed by atoms with Crippen molar-refractivity contribution < 1.29 is 18.0 Å². The van der Waals surface area contributed by atoms with E-state index in [-0.39, 0.29) is 10.6 Å². The first kappa shape index (κ1) is 18.3. The number of aromatic nitrogens is 3. The molecule has 0 saturated heterocycles. The molecule has 0 aliphatic carbocycles. The SMILES string of the molecule is Cc1nc(-c2ncccn2)sc1C(=O)Nc1ccc(Cl)c(C(F)(F)F)c1. The Kier molecular flexibility index (Phi) is 4.92. The predicted molar refractivity (Wildman–Crippen MR) is 92.3 cm³/mol. The van der Waals surface area contributed by atoms with E-state index in [1.54, 1.807) is 25.4 Å². The topological polar surface area (TPSA) is 67.8 Å². The molecule has 0 radical (unpaired) electrons. The first-order chi connectivity index (χ1) is 12.3. The highest BCUT2D eigenvalue weighted by Gasteiger charge is 2.33. The number of carbonyl (C=O) groups is 1. The number of amides is 1. The highest BCUT2D eigenvalue weighted by Crippen LogP contribution is 2.36. The maximum Gasteiger partial charge on any atom is 0.417 e. The molecule has 3 rings (SSSR count). The van der Waals surface area contributed by atoms with Gasteiger partial charge in [-0.1, -0.05) is 11.6 Å². The molecule has 0 fully saturated rings. The van der Waals surface area contributed by atoms with Gasteiger partial charge in [-0.15, -0.1) is 11.3 Å². The van der Waals surface area contributed by atoms with Crippen molar-refractivity contribution in [3.8, 4) is 10.8 Å². The lowest BCUT2D eigenvalue weighted by Crippen LogP contribution is -2.13. The van der Waals surface area contributed by atoms with Gasteiger partial charge in [0.25, 0.3) is 5.91 Å². The summed E-state index contributed by atoms with van der Waals surface area (Å²) in [6, 6.07) is 4.82. The van der Waals surface area contributed by atoms with E-state index in [0.29, 0.717) is 16.5 Å². The smallest absolute Gasteiger partial charge is 0.321 e. The van der Waals surface area contributed by atoms with Gasteiger partial charge in [0, 0.05) is 18.1 Å². The van der Waals surface area contributed by atoms with Crippen LogP contribution in [0.25, 0.3) is 10.8 Å². The van der Waals surface area contributed by atoms with Gasteiger partial charge in [-0.25, -0.2) is 15.0 Å². The zero-order valence-corrected chi connectivity index (χ0v) is 14.7. The second kappa shape index (κ2) is 7.00. The van der Waals surface area contributed by atoms with Crippen LogP contribution in [0.4, 0.5) is 18.9 Å². The van der Waals surface area contributed by atoms with E-state index < -0.39 is 22.7 Å². The maximum atomic E-state index is 12.9. The Morgan fingerprint density at radius 3 is 2.58 bits per heavy atom. The van der Waals surface area contributed by atoms with Gasteiger partial charge in [0.2, 0.25) is 0 Å². The number of carbonyl (C=O) groups excluding carboxylic acids is 1. The number of halogens is 4. The minimum absolute atomic E-state index is 0.0166. The molecule has 2 heterocycles. The van der Waals surface area contributed by atoms with Crippen LogP contribution in [0.1, 0.15) is 20.9 Å². The monoisotopic (exact) mass is 398 g/mol. The molecule has 0 unspecified atom stereocenters. The number of hydrogen-bond acceptors (Lipinski definition) is 5. The lowest BCUT2D eigenvalue weighted by molar-refractivity contribution is -0.137. The van der Waals surface area contributed by atoms with Crippen molar-refractivity contribution in [1.82, 2.24) is 15.0 Å². The van der Waals surface area contributed by atoms with Crippen LogP contribution in [-0.4, -0.2) is 20.9 Å². The number of aryl methyl sites for hydroxylation is 1. The van der Waals surface area contributed by atoms with Crippen LogP contribution in [-0.2, 0) is 6.18 Å². The molecule has 0 aliphatic heterocycles. The van der Waals surface area contributed by atoms with Gasteiger partial charge in [0.1, 0.15) is 4.88 Å². The molecule has 1 amide bonds. The maximum absolute atomic E-state index is 12.9. The molecule has 0 saturated carbocycles. The van der Waals surface area contributed by atoms with Gasteiger partial charge in [-0.3, -0.25) is 4.79 Å². The number of nitrogens with one attached hydrogen (secondary N) is 1. The van der Waals surface area contributed by atoms with Gasteiger partial charge >= 0.3 is 6.18 Å². The fraction of sp³-hybridized carbons (Fsp3) is 0.125. The van der Waals surface area contributed by atoms with Crippen LogP contribution in [0.2, 0.25) is 5.02 Å². The Bertz CT molecular complexity index is 960. The summed E-state index contributed by atoms with van der Waals surface area (Å²) in [6.07, 6.45) is -1.52. The Labute approximate surface area is 154 Å². The van der Waals surface area contributed by atoms with Crippen molar-refractivity contribution in [2.75, 3.05) is 5.32 Å². The lowest BCUT2D eigenvalue weighted by Gasteiger charge is -2.11. The number of nitrogens with zero attached hydrogens (tertiary/aromatic N) is 3. The third-order valence-electron chi connectivity index (χ3n) is 3.29. The Morgan fingerprint density at radius 2 is 1.92 bits per heavy atom. The molecule has 10 heteroatoms. The molecule has 0 atom stereocenters. The van der Waals surface area contributed by atoms with Crippen molar-refractivity contribution >= 4 is 34.5 Å². The Hall–Kier alpha value is -2.52. The van der Waals surface area contributed by atoms with E-state index in [9.17, 15) is 18.0 Å². The Balaban J connectivity index is 1.86. The van der Waals surface area contributed by atoms with E-state index in [1.807, 2.05) is 0 Å². The van der Waals surface area contributed by atoms with Crippen LogP contribution in [0.3, 0.4) is 0 Å². The summed E-state index contributed by atoms with van der Waals surface area (Å²) in [6.45, 7) is 1.63. The van der Waals surface area contributed by atoms with E-state index in [1.165, 1.54) is 6.07 Å². The van der Waals surface area contributed by atoms with Crippen molar-refractivity contribution in [3.05, 3.63) is 57.8 Å². The number of thiazole rings is 1. The molecule has 1 aromatic carbocycles. The molecule has 26 heavy (non-hydrogen) atoms. The van der Waals surface area contributed by atoms with Gasteiger partial charge in [-0.2, -0.15) is 13.2 Å². The van der Waals surface area contributed by atoms with Gasteiger partial charge in [0.05, 0.1) is 16.3 Å². The number of benzene rings is 1. The van der Waals surface area contributed by atoms with Gasteiger partial charge < -0.3 is 5.32 Å². The van der Waals surface area contributed by atoms with Crippen LogP contribution in [0, 0.1) is 6.92 Å². The quantitative estimate of drug-likeness (QED) is 0.686. The highest BCUT2D eigenvalue weighted by atomic mass is 35.5. The normalized spacial score (nSPS) is 11.4. The predicted octanol–water partition coefficient (Wildman–Crippen LogP) is 4.83. The molecule has 3 aromatic rings. The third kappa shape index (κ3) is 3.83. The molecular weight excluding hydrogens is 389 g/mol. The first-order valence-electron chi connectivity index (χ1n) is 7.18. The summed E-state index contributed by atoms with van der Waals surface area (Å²) in [5.74, 6) is -0.205. The fourth-order valence-corrected chi connectivity index (χ4v) is 3.25. The first-order valence-corrected chi connectivity index (χ1v) is 8.38. The van der Waals surface area contributed by atoms with Crippen molar-refractivity contribution in [1.29, 1.82) is 0 Å². The van der Waals surface area contributed by atoms with E-state index in [2.05, 4.69) is 20.3 Å². The molecule has 134 valence electrons. The van der Waals surface area contributed by atoms with Crippen LogP contribution in [0.15, 0.2) is 36.7 Å². The number of rotatable bonds is 3. The number of anilines is 1. The van der Waals surface area contributed by atoms with Crippen molar-refractivity contribution in [3.63, 3.8) is 0 Å². The summed E-state index contributed by atoms with van der Waals surface area (Å²) in [4.78, 5) is 25.1. The molecule has 0 bridgehead atoms. The van der Waals surface area contributed by atoms with Crippen LogP contribution < -0.4 is 5.32 Å². The van der Waals surface area contributed by atoms with Crippen molar-refractivity contribution in [2.24, 2.45) is 0 Å². The zero-order chi connectivity index (χ0) is 18.9. The largest absolute Gasteiger partial charge is 0.417 e. The fourth-order valence-electron chi connectivity index (χ4n) is 2.12. The summed E-state index contributed by atoms with van der Waals surface area (Å²) < 4.78 is 38.8. The molecule has 0 aliphatic rings. The number of hydrogen-bond donors (Lipinski definition) is 1. The average Bonchev–Trinajstić information content (AvgIpc) is 2.98. The highest BCUT2D eigenvalue weighted by molar-refractivity contribution is 7.17. The molecule has 0 spiro atoms. The average molecular weight is 399 g/mol. The van der Waals surface area contributed by atoms with E-state index in [4.69, 9.17) is 11.6 Å². The summed E-state index contributed by atoms with van der Waals surface area (Å²) >= 11 is 6.63. The molecule has 1 N–H and O–H groups in total. The third-order valence-corrected chi connectivity index (χ3v) is 4.77. The standard InChI is InChI=1S/C16H10ClF3N4OS/c1-8-12(26-15(23-8)13-21-5-2-6-22-13)14(25)24-9-3-4-11(17)10(7-9)16(18,19)20/h2-7H,1H3,(H,24,25). The van der Waals surface area contributed by atoms with Crippen LogP contribution >= 0.6 is 22.9 Å². The molecular formula is C16H10ClF3N4OS. The van der Waals surface area contributed by atoms with Gasteiger partial charge in [0.15, 0.2) is 10.8 Å². The second-order valence-corrected chi connectivity index (χ2v) is 6.56. The van der Waals surface area contributed by atoms with Gasteiger partial charge in [-0.05, 0) is 31.2 Å². The summed E-state index contributed by atoms with van der Waals surface area (Å²) in [7, 11) is 0. The van der Waals surface area contributed by atoms with Crippen molar-refractivity contribution in [2.45, 2.75) is 13.1 Å². The zero-order valence-electron chi connectivity index (χ0n) is 13.1. The second-order valence-electron chi connectivity index (χ2n) is 5.15. The molecule has 5 nitrogen and oxygen atoms in total. The minimum Gasteiger partial charge on any atom is -0.321 e.